The van der Waals surface area contributed by atoms with Crippen molar-refractivity contribution in [3.8, 4) is 0 Å². The van der Waals surface area contributed by atoms with Crippen molar-refractivity contribution < 1.29 is 9.90 Å². The molecular formula is C13H25N3O2. The first-order valence-electron chi connectivity index (χ1n) is 7.08. The van der Waals surface area contributed by atoms with E-state index in [9.17, 15) is 4.79 Å². The molecule has 0 bridgehead atoms. The average Bonchev–Trinajstić information content (AvgIpc) is 2.39. The van der Waals surface area contributed by atoms with Crippen LogP contribution in [0.4, 0.5) is 0 Å². The Kier molecular flexibility index (Phi) is 4.97. The molecule has 5 heteroatoms. The van der Waals surface area contributed by atoms with Gasteiger partial charge in [-0.2, -0.15) is 0 Å². The number of carbonyl (C=O) groups is 1. The fourth-order valence-electron chi connectivity index (χ4n) is 2.89. The summed E-state index contributed by atoms with van der Waals surface area (Å²) in [5, 5.41) is 12.3. The number of nitrogens with one attached hydrogen (secondary N) is 1. The lowest BCUT2D eigenvalue weighted by atomic mass is 9.98. The summed E-state index contributed by atoms with van der Waals surface area (Å²) in [5.41, 5.74) is 0. The maximum absolute atomic E-state index is 12.4. The van der Waals surface area contributed by atoms with E-state index in [0.29, 0.717) is 6.04 Å². The molecule has 0 spiro atoms. The zero-order chi connectivity index (χ0) is 13.0. The molecule has 2 aliphatic heterocycles. The first-order chi connectivity index (χ1) is 8.70. The Hall–Kier alpha value is -0.650. The number of nitrogens with zero attached hydrogens (tertiary/aromatic N) is 2. The first kappa shape index (κ1) is 13.8. The van der Waals surface area contributed by atoms with Gasteiger partial charge in [0.15, 0.2) is 0 Å². The first-order valence-corrected chi connectivity index (χ1v) is 7.08. The van der Waals surface area contributed by atoms with E-state index in [4.69, 9.17) is 5.11 Å². The van der Waals surface area contributed by atoms with Crippen molar-refractivity contribution in [1.82, 2.24) is 15.1 Å². The van der Waals surface area contributed by atoms with Gasteiger partial charge in [-0.25, -0.2) is 0 Å². The molecule has 0 radical (unpaired) electrons. The van der Waals surface area contributed by atoms with Crippen molar-refractivity contribution in [2.45, 2.75) is 38.3 Å². The highest BCUT2D eigenvalue weighted by Gasteiger charge is 2.29. The van der Waals surface area contributed by atoms with E-state index in [1.165, 1.54) is 6.42 Å². The number of carbonyl (C=O) groups excluding carboxylic acids is 1. The van der Waals surface area contributed by atoms with Crippen molar-refractivity contribution >= 4 is 5.91 Å². The highest BCUT2D eigenvalue weighted by molar-refractivity contribution is 5.82. The van der Waals surface area contributed by atoms with Gasteiger partial charge in [0.2, 0.25) is 5.91 Å². The second kappa shape index (κ2) is 6.50. The van der Waals surface area contributed by atoms with Crippen LogP contribution >= 0.6 is 0 Å². The Labute approximate surface area is 109 Å². The largest absolute Gasteiger partial charge is 0.395 e. The van der Waals surface area contributed by atoms with Gasteiger partial charge in [-0.3, -0.25) is 9.69 Å². The molecule has 2 atom stereocenters. The number of piperidine rings is 1. The highest BCUT2D eigenvalue weighted by Crippen LogP contribution is 2.15. The molecule has 0 saturated carbocycles. The Morgan fingerprint density at radius 1 is 1.28 bits per heavy atom. The molecule has 2 aliphatic rings. The highest BCUT2D eigenvalue weighted by atomic mass is 16.3. The number of rotatable bonds is 3. The molecule has 5 nitrogen and oxygen atoms in total. The predicted octanol–water partition coefficient (Wildman–Crippen LogP) is -0.346. The smallest absolute Gasteiger partial charge is 0.239 e. The van der Waals surface area contributed by atoms with Crippen LogP contribution in [-0.4, -0.2) is 72.2 Å². The molecule has 2 N–H and O–H groups in total. The maximum Gasteiger partial charge on any atom is 0.239 e. The quantitative estimate of drug-likeness (QED) is 0.724. The summed E-state index contributed by atoms with van der Waals surface area (Å²) >= 11 is 0. The van der Waals surface area contributed by atoms with E-state index >= 15 is 0 Å². The molecule has 0 aromatic rings. The van der Waals surface area contributed by atoms with Crippen molar-refractivity contribution in [1.29, 1.82) is 0 Å². The van der Waals surface area contributed by atoms with Gasteiger partial charge in [0.05, 0.1) is 12.6 Å². The van der Waals surface area contributed by atoms with Crippen LogP contribution < -0.4 is 5.32 Å². The second-order valence-electron chi connectivity index (χ2n) is 5.44. The molecule has 2 rings (SSSR count). The lowest BCUT2D eigenvalue weighted by Crippen LogP contribution is -2.56. The summed E-state index contributed by atoms with van der Waals surface area (Å²) in [6, 6.07) is 0.488. The summed E-state index contributed by atoms with van der Waals surface area (Å²) in [6.07, 6.45) is 3.29. The molecule has 2 unspecified atom stereocenters. The van der Waals surface area contributed by atoms with Gasteiger partial charge in [-0.05, 0) is 26.2 Å². The third-order valence-corrected chi connectivity index (χ3v) is 4.01. The van der Waals surface area contributed by atoms with E-state index in [-0.39, 0.29) is 18.6 Å². The summed E-state index contributed by atoms with van der Waals surface area (Å²) in [7, 11) is 0. The summed E-state index contributed by atoms with van der Waals surface area (Å²) in [5.74, 6) is 0.269. The lowest BCUT2D eigenvalue weighted by Gasteiger charge is -2.38. The number of β-amino-alcohol motifs (C(OH)–C–C–N with tert-alkyl or cyclic N) is 1. The predicted molar refractivity (Wildman–Crippen MR) is 70.3 cm³/mol. The Morgan fingerprint density at radius 3 is 2.61 bits per heavy atom. The SMILES string of the molecule is CC1CCCC(C(=O)N2CCN(CCO)CC2)N1. The zero-order valence-electron chi connectivity index (χ0n) is 11.3. The van der Waals surface area contributed by atoms with Gasteiger partial charge in [-0.15, -0.1) is 0 Å². The lowest BCUT2D eigenvalue weighted by molar-refractivity contribution is -0.136. The van der Waals surface area contributed by atoms with Crippen LogP contribution in [-0.2, 0) is 4.79 Å². The van der Waals surface area contributed by atoms with Crippen LogP contribution in [0.15, 0.2) is 0 Å². The minimum atomic E-state index is 0.0261. The van der Waals surface area contributed by atoms with E-state index < -0.39 is 0 Å². The Bertz CT molecular complexity index is 277. The van der Waals surface area contributed by atoms with Crippen LogP contribution in [0.5, 0.6) is 0 Å². The van der Waals surface area contributed by atoms with Crippen molar-refractivity contribution in [2.24, 2.45) is 0 Å². The van der Waals surface area contributed by atoms with Crippen LogP contribution in [0.25, 0.3) is 0 Å². The van der Waals surface area contributed by atoms with Crippen molar-refractivity contribution in [3.63, 3.8) is 0 Å². The van der Waals surface area contributed by atoms with Crippen LogP contribution in [0.2, 0.25) is 0 Å². The van der Waals surface area contributed by atoms with Crippen LogP contribution in [0, 0.1) is 0 Å². The van der Waals surface area contributed by atoms with Gasteiger partial charge < -0.3 is 15.3 Å². The van der Waals surface area contributed by atoms with Gasteiger partial charge in [0.1, 0.15) is 0 Å². The number of aliphatic hydroxyl groups excluding tert-OH is 1. The molecule has 0 aromatic heterocycles. The topological polar surface area (TPSA) is 55.8 Å². The zero-order valence-corrected chi connectivity index (χ0v) is 11.3. The number of aliphatic hydroxyl groups is 1. The number of hydrogen-bond donors (Lipinski definition) is 2. The molecule has 2 heterocycles. The van der Waals surface area contributed by atoms with E-state index in [2.05, 4.69) is 17.1 Å². The number of hydrogen-bond acceptors (Lipinski definition) is 4. The van der Waals surface area contributed by atoms with Crippen LogP contribution in [0.3, 0.4) is 0 Å². The molecule has 2 saturated heterocycles. The maximum atomic E-state index is 12.4. The third kappa shape index (κ3) is 3.43. The molecule has 18 heavy (non-hydrogen) atoms. The van der Waals surface area contributed by atoms with Gasteiger partial charge in [0, 0.05) is 38.8 Å². The fraction of sp³-hybridized carbons (Fsp3) is 0.923. The molecular weight excluding hydrogens is 230 g/mol. The van der Waals surface area contributed by atoms with E-state index in [0.717, 1.165) is 45.6 Å². The van der Waals surface area contributed by atoms with Gasteiger partial charge in [0.25, 0.3) is 0 Å². The molecule has 1 amide bonds. The van der Waals surface area contributed by atoms with E-state index in [1.807, 2.05) is 4.90 Å². The summed E-state index contributed by atoms with van der Waals surface area (Å²) in [4.78, 5) is 16.5. The average molecular weight is 255 g/mol. The van der Waals surface area contributed by atoms with Gasteiger partial charge >= 0.3 is 0 Å². The monoisotopic (exact) mass is 255 g/mol. The number of piperazine rings is 1. The molecule has 0 aliphatic carbocycles. The standard InChI is InChI=1S/C13H25N3O2/c1-11-3-2-4-12(14-11)13(18)16-7-5-15(6-8-16)9-10-17/h11-12,14,17H,2-10H2,1H3. The summed E-state index contributed by atoms with van der Waals surface area (Å²) < 4.78 is 0. The third-order valence-electron chi connectivity index (χ3n) is 4.01. The molecule has 2 fully saturated rings. The normalized spacial score (nSPS) is 30.4. The fourth-order valence-corrected chi connectivity index (χ4v) is 2.89. The number of amides is 1. The van der Waals surface area contributed by atoms with Crippen LogP contribution in [0.1, 0.15) is 26.2 Å². The Morgan fingerprint density at radius 2 is 2.00 bits per heavy atom. The van der Waals surface area contributed by atoms with Crippen molar-refractivity contribution in [3.05, 3.63) is 0 Å². The van der Waals surface area contributed by atoms with Crippen molar-refractivity contribution in [2.75, 3.05) is 39.3 Å². The summed E-state index contributed by atoms with van der Waals surface area (Å²) in [6.45, 7) is 6.44. The minimum absolute atomic E-state index is 0.0261. The minimum Gasteiger partial charge on any atom is -0.395 e. The Balaban J connectivity index is 1.80. The van der Waals surface area contributed by atoms with Gasteiger partial charge in [-0.1, -0.05) is 0 Å². The molecule has 104 valence electrons. The molecule has 0 aromatic carbocycles. The van der Waals surface area contributed by atoms with E-state index in [1.54, 1.807) is 0 Å². The second-order valence-corrected chi connectivity index (χ2v) is 5.44.